The molecule has 2 unspecified atom stereocenters. The Labute approximate surface area is 156 Å². The number of rotatable bonds is 6. The number of halogens is 3. The summed E-state index contributed by atoms with van der Waals surface area (Å²) >= 11 is 0. The zero-order chi connectivity index (χ0) is 20.0. The van der Waals surface area contributed by atoms with E-state index >= 15 is 0 Å². The Morgan fingerprint density at radius 2 is 1.56 bits per heavy atom. The number of benzene rings is 2. The molecule has 2 N–H and O–H groups in total. The second-order valence-corrected chi connectivity index (χ2v) is 6.19. The van der Waals surface area contributed by atoms with Gasteiger partial charge >= 0.3 is 12.2 Å². The molecule has 0 bridgehead atoms. The summed E-state index contributed by atoms with van der Waals surface area (Å²) in [6, 6.07) is 11.0. The Morgan fingerprint density at radius 1 is 1.00 bits per heavy atom. The van der Waals surface area contributed by atoms with Crippen LogP contribution in [0.25, 0.3) is 0 Å². The van der Waals surface area contributed by atoms with Crippen LogP contribution >= 0.6 is 0 Å². The number of carbonyl (C=O) groups is 1. The smallest absolute Gasteiger partial charge is 0.416 e. The number of amides is 2. The molecule has 27 heavy (non-hydrogen) atoms. The van der Waals surface area contributed by atoms with Crippen molar-refractivity contribution in [1.29, 1.82) is 0 Å². The number of carbonyl (C=O) groups excluding carboxylic acids is 1. The summed E-state index contributed by atoms with van der Waals surface area (Å²) < 4.78 is 43.9. The third-order valence-electron chi connectivity index (χ3n) is 4.08. The predicted molar refractivity (Wildman–Crippen MR) is 97.6 cm³/mol. The molecular formula is C20H23F3N2O2. The Hall–Kier alpha value is -2.70. The maximum atomic E-state index is 12.8. The lowest BCUT2D eigenvalue weighted by molar-refractivity contribution is -0.137. The van der Waals surface area contributed by atoms with Crippen molar-refractivity contribution < 1.29 is 22.7 Å². The third-order valence-corrected chi connectivity index (χ3v) is 4.08. The topological polar surface area (TPSA) is 50.4 Å². The van der Waals surface area contributed by atoms with Crippen molar-refractivity contribution in [2.75, 3.05) is 6.61 Å². The highest BCUT2D eigenvalue weighted by molar-refractivity contribution is 5.75. The molecule has 2 aromatic carbocycles. The molecule has 0 aliphatic carbocycles. The Bertz CT molecular complexity index is 778. The van der Waals surface area contributed by atoms with Gasteiger partial charge in [0.1, 0.15) is 5.75 Å². The van der Waals surface area contributed by atoms with Gasteiger partial charge in [-0.2, -0.15) is 13.2 Å². The minimum absolute atomic E-state index is 0.292. The van der Waals surface area contributed by atoms with Crippen LogP contribution in [-0.4, -0.2) is 12.6 Å². The van der Waals surface area contributed by atoms with Crippen molar-refractivity contribution in [3.05, 3.63) is 65.2 Å². The zero-order valence-electron chi connectivity index (χ0n) is 15.4. The van der Waals surface area contributed by atoms with Gasteiger partial charge in [-0.3, -0.25) is 0 Å². The van der Waals surface area contributed by atoms with Crippen LogP contribution in [0.15, 0.2) is 48.5 Å². The molecule has 0 aromatic heterocycles. The number of hydrogen-bond acceptors (Lipinski definition) is 2. The van der Waals surface area contributed by atoms with E-state index in [9.17, 15) is 18.0 Å². The van der Waals surface area contributed by atoms with Crippen LogP contribution in [-0.2, 0) is 6.18 Å². The van der Waals surface area contributed by atoms with E-state index in [1.807, 2.05) is 38.1 Å². The van der Waals surface area contributed by atoms with Gasteiger partial charge in [0.05, 0.1) is 24.3 Å². The van der Waals surface area contributed by atoms with Crippen LogP contribution in [0.3, 0.4) is 0 Å². The van der Waals surface area contributed by atoms with Gasteiger partial charge in [0.15, 0.2) is 0 Å². The molecule has 0 saturated heterocycles. The van der Waals surface area contributed by atoms with E-state index in [-0.39, 0.29) is 6.04 Å². The average molecular weight is 380 g/mol. The number of hydrogen-bond donors (Lipinski definition) is 2. The number of urea groups is 1. The van der Waals surface area contributed by atoms with E-state index < -0.39 is 23.8 Å². The molecule has 2 atom stereocenters. The Morgan fingerprint density at radius 3 is 2.11 bits per heavy atom. The van der Waals surface area contributed by atoms with Crippen LogP contribution in [0, 0.1) is 0 Å². The van der Waals surface area contributed by atoms with Crippen molar-refractivity contribution in [2.45, 2.75) is 39.0 Å². The summed E-state index contributed by atoms with van der Waals surface area (Å²) in [6.07, 6.45) is -4.42. The molecule has 146 valence electrons. The van der Waals surface area contributed by atoms with Gasteiger partial charge in [-0.1, -0.05) is 24.3 Å². The molecule has 0 radical (unpaired) electrons. The van der Waals surface area contributed by atoms with E-state index in [4.69, 9.17) is 4.74 Å². The predicted octanol–water partition coefficient (Wildman–Crippen LogP) is 5.23. The first-order chi connectivity index (χ1) is 12.7. The lowest BCUT2D eigenvalue weighted by atomic mass is 10.0. The fraction of sp³-hybridized carbons (Fsp3) is 0.350. The summed E-state index contributed by atoms with van der Waals surface area (Å²) in [5.41, 5.74) is 0.504. The summed E-state index contributed by atoms with van der Waals surface area (Å²) in [6.45, 7) is 5.88. The molecule has 2 amide bonds. The van der Waals surface area contributed by atoms with E-state index in [1.54, 1.807) is 13.0 Å². The highest BCUT2D eigenvalue weighted by atomic mass is 19.4. The van der Waals surface area contributed by atoms with E-state index in [1.165, 1.54) is 6.07 Å². The zero-order valence-corrected chi connectivity index (χ0v) is 15.4. The second kappa shape index (κ2) is 8.79. The lowest BCUT2D eigenvalue weighted by Crippen LogP contribution is -2.38. The molecule has 0 aliphatic rings. The minimum Gasteiger partial charge on any atom is -0.494 e. The van der Waals surface area contributed by atoms with Crippen LogP contribution in [0.4, 0.5) is 18.0 Å². The van der Waals surface area contributed by atoms with Crippen LogP contribution in [0.2, 0.25) is 0 Å². The van der Waals surface area contributed by atoms with Crippen LogP contribution in [0.5, 0.6) is 5.75 Å². The summed E-state index contributed by atoms with van der Waals surface area (Å²) in [7, 11) is 0. The molecule has 0 saturated carbocycles. The Kier molecular flexibility index (Phi) is 6.71. The molecule has 2 rings (SSSR count). The third kappa shape index (κ3) is 5.91. The summed E-state index contributed by atoms with van der Waals surface area (Å²) in [5, 5.41) is 5.45. The van der Waals surface area contributed by atoms with Crippen molar-refractivity contribution in [2.24, 2.45) is 0 Å². The van der Waals surface area contributed by atoms with Crippen molar-refractivity contribution in [1.82, 2.24) is 10.6 Å². The van der Waals surface area contributed by atoms with Crippen molar-refractivity contribution >= 4 is 6.03 Å². The molecule has 4 nitrogen and oxygen atoms in total. The highest BCUT2D eigenvalue weighted by Crippen LogP contribution is 2.30. The van der Waals surface area contributed by atoms with E-state index in [2.05, 4.69) is 10.6 Å². The molecule has 0 heterocycles. The Balaban J connectivity index is 1.99. The van der Waals surface area contributed by atoms with Gasteiger partial charge in [-0.05, 0) is 56.2 Å². The molecular weight excluding hydrogens is 357 g/mol. The first-order valence-electron chi connectivity index (χ1n) is 8.67. The van der Waals surface area contributed by atoms with Gasteiger partial charge in [-0.15, -0.1) is 0 Å². The molecule has 0 spiro atoms. The van der Waals surface area contributed by atoms with Crippen LogP contribution < -0.4 is 15.4 Å². The lowest BCUT2D eigenvalue weighted by Gasteiger charge is -2.20. The van der Waals surface area contributed by atoms with Crippen molar-refractivity contribution in [3.8, 4) is 5.75 Å². The maximum absolute atomic E-state index is 12.8. The standard InChI is InChI=1S/C20H23F3N2O2/c1-4-27-18-10-6-8-16(12-18)14(3)25-19(26)24-13(2)15-7-5-9-17(11-15)20(21,22)23/h5-14H,4H2,1-3H3,(H2,24,25,26). The summed E-state index contributed by atoms with van der Waals surface area (Å²) in [4.78, 5) is 12.2. The van der Waals surface area contributed by atoms with E-state index in [0.29, 0.717) is 17.9 Å². The average Bonchev–Trinajstić information content (AvgIpc) is 2.61. The van der Waals surface area contributed by atoms with E-state index in [0.717, 1.165) is 17.7 Å². The quantitative estimate of drug-likeness (QED) is 0.721. The van der Waals surface area contributed by atoms with Crippen LogP contribution in [0.1, 0.15) is 49.5 Å². The number of ether oxygens (including phenoxy) is 1. The van der Waals surface area contributed by atoms with Gasteiger partial charge in [-0.25, -0.2) is 4.79 Å². The van der Waals surface area contributed by atoms with Gasteiger partial charge < -0.3 is 15.4 Å². The fourth-order valence-electron chi connectivity index (χ4n) is 2.63. The van der Waals surface area contributed by atoms with Gasteiger partial charge in [0.25, 0.3) is 0 Å². The fourth-order valence-corrected chi connectivity index (χ4v) is 2.63. The minimum atomic E-state index is -4.42. The second-order valence-electron chi connectivity index (χ2n) is 6.19. The molecule has 0 aliphatic heterocycles. The van der Waals surface area contributed by atoms with Crippen molar-refractivity contribution in [3.63, 3.8) is 0 Å². The first kappa shape index (κ1) is 20.6. The normalized spacial score (nSPS) is 13.6. The number of alkyl halides is 3. The molecule has 0 fully saturated rings. The number of nitrogens with one attached hydrogen (secondary N) is 2. The highest BCUT2D eigenvalue weighted by Gasteiger charge is 2.30. The molecule has 2 aromatic rings. The van der Waals surface area contributed by atoms with Gasteiger partial charge in [0.2, 0.25) is 0 Å². The summed E-state index contributed by atoms with van der Waals surface area (Å²) in [5.74, 6) is 0.710. The molecule has 7 heteroatoms. The monoisotopic (exact) mass is 380 g/mol. The van der Waals surface area contributed by atoms with Gasteiger partial charge in [0, 0.05) is 0 Å². The first-order valence-corrected chi connectivity index (χ1v) is 8.67. The SMILES string of the molecule is CCOc1cccc(C(C)NC(=O)NC(C)c2cccc(C(F)(F)F)c2)c1. The maximum Gasteiger partial charge on any atom is 0.416 e. The largest absolute Gasteiger partial charge is 0.494 e.